The van der Waals surface area contributed by atoms with E-state index in [1.807, 2.05) is 24.3 Å². The Balaban J connectivity index is 2.52. The SMILES string of the molecule is O=CC1NN=Nc2ccccc21. The molecule has 0 aliphatic carbocycles. The number of hydrogen-bond donors (Lipinski definition) is 1. The predicted molar refractivity (Wildman–Crippen MR) is 42.9 cm³/mol. The molecule has 0 fully saturated rings. The van der Waals surface area contributed by atoms with Gasteiger partial charge >= 0.3 is 0 Å². The number of aldehydes is 1. The molecule has 4 heteroatoms. The van der Waals surface area contributed by atoms with Gasteiger partial charge in [-0.3, -0.25) is 5.43 Å². The van der Waals surface area contributed by atoms with Crippen LogP contribution in [0.4, 0.5) is 5.69 Å². The minimum absolute atomic E-state index is 0.348. The molecule has 60 valence electrons. The van der Waals surface area contributed by atoms with E-state index in [4.69, 9.17) is 0 Å². The summed E-state index contributed by atoms with van der Waals surface area (Å²) in [6.45, 7) is 0. The van der Waals surface area contributed by atoms with E-state index in [0.717, 1.165) is 17.5 Å². The van der Waals surface area contributed by atoms with Crippen molar-refractivity contribution in [3.8, 4) is 0 Å². The van der Waals surface area contributed by atoms with Crippen molar-refractivity contribution in [1.29, 1.82) is 0 Å². The molecular weight excluding hydrogens is 154 g/mol. The maximum atomic E-state index is 10.6. The third-order valence-corrected chi connectivity index (χ3v) is 1.76. The van der Waals surface area contributed by atoms with Crippen LogP contribution < -0.4 is 5.43 Å². The van der Waals surface area contributed by atoms with Crippen LogP contribution >= 0.6 is 0 Å². The topological polar surface area (TPSA) is 53.8 Å². The maximum Gasteiger partial charge on any atom is 0.148 e. The summed E-state index contributed by atoms with van der Waals surface area (Å²) in [6, 6.07) is 7.08. The van der Waals surface area contributed by atoms with E-state index >= 15 is 0 Å². The quantitative estimate of drug-likeness (QED) is 0.635. The number of benzene rings is 1. The Morgan fingerprint density at radius 3 is 3.08 bits per heavy atom. The third kappa shape index (κ3) is 0.972. The average Bonchev–Trinajstić information content (AvgIpc) is 2.17. The Morgan fingerprint density at radius 1 is 1.42 bits per heavy atom. The van der Waals surface area contributed by atoms with Gasteiger partial charge in [0.05, 0.1) is 5.69 Å². The first-order valence-electron chi connectivity index (χ1n) is 3.62. The molecule has 1 aliphatic heterocycles. The van der Waals surface area contributed by atoms with Crippen LogP contribution in [0, 0.1) is 0 Å². The lowest BCUT2D eigenvalue weighted by Crippen LogP contribution is -2.18. The molecule has 1 unspecified atom stereocenters. The van der Waals surface area contributed by atoms with Gasteiger partial charge < -0.3 is 4.79 Å². The lowest BCUT2D eigenvalue weighted by molar-refractivity contribution is -0.109. The van der Waals surface area contributed by atoms with Crippen molar-refractivity contribution < 1.29 is 4.79 Å². The fourth-order valence-electron chi connectivity index (χ4n) is 1.16. The molecule has 1 aromatic rings. The molecule has 0 spiro atoms. The zero-order valence-corrected chi connectivity index (χ0v) is 6.27. The number of carbonyl (C=O) groups excluding carboxylic acids is 1. The minimum atomic E-state index is -0.348. The maximum absolute atomic E-state index is 10.6. The van der Waals surface area contributed by atoms with Crippen LogP contribution in [0.1, 0.15) is 11.6 Å². The number of carbonyl (C=O) groups is 1. The van der Waals surface area contributed by atoms with E-state index in [1.54, 1.807) is 0 Å². The highest BCUT2D eigenvalue weighted by Crippen LogP contribution is 2.27. The summed E-state index contributed by atoms with van der Waals surface area (Å²) in [5.74, 6) is 0. The van der Waals surface area contributed by atoms with Gasteiger partial charge in [-0.1, -0.05) is 23.4 Å². The lowest BCUT2D eigenvalue weighted by atomic mass is 10.1. The van der Waals surface area contributed by atoms with E-state index in [9.17, 15) is 4.79 Å². The molecule has 2 rings (SSSR count). The second-order valence-electron chi connectivity index (χ2n) is 2.50. The molecule has 0 bridgehead atoms. The Morgan fingerprint density at radius 2 is 2.25 bits per heavy atom. The summed E-state index contributed by atoms with van der Waals surface area (Å²) < 4.78 is 0. The first kappa shape index (κ1) is 6.97. The molecule has 1 heterocycles. The van der Waals surface area contributed by atoms with Crippen LogP contribution in [-0.2, 0) is 4.79 Å². The molecule has 4 nitrogen and oxygen atoms in total. The van der Waals surface area contributed by atoms with E-state index in [2.05, 4.69) is 15.8 Å². The highest BCUT2D eigenvalue weighted by Gasteiger charge is 2.16. The molecular formula is C8H7N3O. The summed E-state index contributed by atoms with van der Waals surface area (Å²) in [5.41, 5.74) is 4.25. The molecule has 1 aromatic carbocycles. The Bertz CT molecular complexity index is 335. The summed E-state index contributed by atoms with van der Waals surface area (Å²) in [5, 5.41) is 7.46. The van der Waals surface area contributed by atoms with Gasteiger partial charge in [0, 0.05) is 5.56 Å². The fraction of sp³-hybridized carbons (Fsp3) is 0.125. The molecule has 0 radical (unpaired) electrons. The average molecular weight is 161 g/mol. The molecule has 0 amide bonds. The predicted octanol–water partition coefficient (Wildman–Crippen LogP) is 1.53. The zero-order valence-electron chi connectivity index (χ0n) is 6.27. The summed E-state index contributed by atoms with van der Waals surface area (Å²) in [6.07, 6.45) is 0.816. The van der Waals surface area contributed by atoms with Crippen LogP contribution in [0.2, 0.25) is 0 Å². The van der Waals surface area contributed by atoms with Crippen molar-refractivity contribution in [2.45, 2.75) is 6.04 Å². The second kappa shape index (κ2) is 2.73. The standard InChI is InChI=1S/C8H7N3O/c12-5-8-6-3-1-2-4-7(6)9-11-10-8/h1-5,8H,(H,9,10). The lowest BCUT2D eigenvalue weighted by Gasteiger charge is -2.15. The van der Waals surface area contributed by atoms with Crippen molar-refractivity contribution >= 4 is 12.0 Å². The smallest absolute Gasteiger partial charge is 0.148 e. The third-order valence-electron chi connectivity index (χ3n) is 1.76. The van der Waals surface area contributed by atoms with Gasteiger partial charge in [-0.15, -0.1) is 5.11 Å². The number of rotatable bonds is 1. The largest absolute Gasteiger partial charge is 0.301 e. The molecule has 1 atom stereocenters. The number of fused-ring (bicyclic) bond motifs is 1. The fourth-order valence-corrected chi connectivity index (χ4v) is 1.16. The Labute approximate surface area is 69.3 Å². The Hall–Kier alpha value is -1.71. The van der Waals surface area contributed by atoms with Crippen LogP contribution in [0.3, 0.4) is 0 Å². The summed E-state index contributed by atoms with van der Waals surface area (Å²) in [4.78, 5) is 10.6. The first-order chi connectivity index (χ1) is 5.92. The highest BCUT2D eigenvalue weighted by atomic mass is 16.1. The molecule has 1 N–H and O–H groups in total. The van der Waals surface area contributed by atoms with Gasteiger partial charge in [0.2, 0.25) is 0 Å². The minimum Gasteiger partial charge on any atom is -0.301 e. The van der Waals surface area contributed by atoms with Gasteiger partial charge in [-0.25, -0.2) is 0 Å². The van der Waals surface area contributed by atoms with E-state index < -0.39 is 0 Å². The molecule has 0 saturated carbocycles. The monoisotopic (exact) mass is 161 g/mol. The zero-order chi connectivity index (χ0) is 8.39. The Kier molecular flexibility index (Phi) is 1.59. The molecule has 12 heavy (non-hydrogen) atoms. The van der Waals surface area contributed by atoms with Crippen LogP contribution in [0.25, 0.3) is 0 Å². The molecule has 0 saturated heterocycles. The number of nitrogens with zero attached hydrogens (tertiary/aromatic N) is 2. The summed E-state index contributed by atoms with van der Waals surface area (Å²) in [7, 11) is 0. The van der Waals surface area contributed by atoms with Gasteiger partial charge in [0.25, 0.3) is 0 Å². The van der Waals surface area contributed by atoms with E-state index in [-0.39, 0.29) is 6.04 Å². The van der Waals surface area contributed by atoms with E-state index in [0.29, 0.717) is 0 Å². The highest BCUT2D eigenvalue weighted by molar-refractivity contribution is 5.66. The second-order valence-corrected chi connectivity index (χ2v) is 2.50. The van der Waals surface area contributed by atoms with Crippen LogP contribution in [0.15, 0.2) is 34.6 Å². The number of hydrogen-bond acceptors (Lipinski definition) is 4. The number of nitrogens with one attached hydrogen (secondary N) is 1. The van der Waals surface area contributed by atoms with Gasteiger partial charge in [-0.2, -0.15) is 0 Å². The molecule has 0 aromatic heterocycles. The van der Waals surface area contributed by atoms with E-state index in [1.165, 1.54) is 0 Å². The first-order valence-corrected chi connectivity index (χ1v) is 3.62. The van der Waals surface area contributed by atoms with Crippen molar-refractivity contribution in [1.82, 2.24) is 5.43 Å². The van der Waals surface area contributed by atoms with Crippen molar-refractivity contribution in [3.05, 3.63) is 29.8 Å². The van der Waals surface area contributed by atoms with Crippen molar-refractivity contribution in [2.24, 2.45) is 10.3 Å². The van der Waals surface area contributed by atoms with Crippen LogP contribution in [0.5, 0.6) is 0 Å². The normalized spacial score (nSPS) is 19.5. The molecule has 1 aliphatic rings. The van der Waals surface area contributed by atoms with Gasteiger partial charge in [0.15, 0.2) is 0 Å². The van der Waals surface area contributed by atoms with Crippen LogP contribution in [-0.4, -0.2) is 6.29 Å². The summed E-state index contributed by atoms with van der Waals surface area (Å²) >= 11 is 0. The van der Waals surface area contributed by atoms with Crippen molar-refractivity contribution in [3.63, 3.8) is 0 Å². The van der Waals surface area contributed by atoms with Gasteiger partial charge in [-0.05, 0) is 6.07 Å². The van der Waals surface area contributed by atoms with Crippen molar-refractivity contribution in [2.75, 3.05) is 0 Å². The van der Waals surface area contributed by atoms with Gasteiger partial charge in [0.1, 0.15) is 12.3 Å².